The normalized spacial score (nSPS) is 18.0. The zero-order valence-corrected chi connectivity index (χ0v) is 13.9. The Labute approximate surface area is 130 Å². The standard InChI is InChI=1S/C15H25N3O2S/c1-4-6-17-7-9-18(10-8-17)15-16-12(11(3)5-2)13(21-15)14(19)20/h11H,4-10H2,1-3H3,(H,19,20). The highest BCUT2D eigenvalue weighted by Gasteiger charge is 2.25. The van der Waals surface area contributed by atoms with Crippen LogP contribution in [0.1, 0.15) is 54.9 Å². The number of aromatic nitrogens is 1. The zero-order chi connectivity index (χ0) is 15.4. The van der Waals surface area contributed by atoms with Crippen molar-refractivity contribution in [1.29, 1.82) is 0 Å². The van der Waals surface area contributed by atoms with Crippen LogP contribution in [0.4, 0.5) is 5.13 Å². The number of hydrogen-bond donors (Lipinski definition) is 1. The van der Waals surface area contributed by atoms with Gasteiger partial charge >= 0.3 is 5.97 Å². The monoisotopic (exact) mass is 311 g/mol. The summed E-state index contributed by atoms with van der Waals surface area (Å²) < 4.78 is 0. The van der Waals surface area contributed by atoms with Gasteiger partial charge in [0.25, 0.3) is 0 Å². The number of rotatable bonds is 6. The number of carbonyl (C=O) groups is 1. The first-order valence-corrected chi connectivity index (χ1v) is 8.59. The molecule has 0 bridgehead atoms. The molecule has 2 rings (SSSR count). The molecule has 1 unspecified atom stereocenters. The minimum absolute atomic E-state index is 0.197. The molecule has 5 nitrogen and oxygen atoms in total. The van der Waals surface area contributed by atoms with E-state index >= 15 is 0 Å². The van der Waals surface area contributed by atoms with E-state index in [0.717, 1.165) is 50.0 Å². The quantitative estimate of drug-likeness (QED) is 0.875. The van der Waals surface area contributed by atoms with Crippen molar-refractivity contribution < 1.29 is 9.90 Å². The average molecular weight is 311 g/mol. The van der Waals surface area contributed by atoms with Gasteiger partial charge in [0.2, 0.25) is 0 Å². The highest BCUT2D eigenvalue weighted by atomic mass is 32.1. The van der Waals surface area contributed by atoms with Gasteiger partial charge in [-0.2, -0.15) is 0 Å². The van der Waals surface area contributed by atoms with Crippen molar-refractivity contribution >= 4 is 22.4 Å². The first-order chi connectivity index (χ1) is 10.1. The van der Waals surface area contributed by atoms with Crippen LogP contribution >= 0.6 is 11.3 Å². The maximum absolute atomic E-state index is 11.4. The summed E-state index contributed by atoms with van der Waals surface area (Å²) in [5.41, 5.74) is 0.751. The van der Waals surface area contributed by atoms with Crippen molar-refractivity contribution in [2.45, 2.75) is 39.5 Å². The zero-order valence-electron chi connectivity index (χ0n) is 13.1. The fraction of sp³-hybridized carbons (Fsp3) is 0.733. The molecule has 1 N–H and O–H groups in total. The van der Waals surface area contributed by atoms with E-state index in [-0.39, 0.29) is 5.92 Å². The maximum Gasteiger partial charge on any atom is 0.347 e. The number of aromatic carboxylic acids is 1. The van der Waals surface area contributed by atoms with Crippen LogP contribution in [0.2, 0.25) is 0 Å². The second-order valence-electron chi connectivity index (χ2n) is 5.65. The lowest BCUT2D eigenvalue weighted by Crippen LogP contribution is -2.46. The second-order valence-corrected chi connectivity index (χ2v) is 6.63. The summed E-state index contributed by atoms with van der Waals surface area (Å²) in [5.74, 6) is -0.652. The predicted octanol–water partition coefficient (Wildman–Crippen LogP) is 2.89. The molecule has 118 valence electrons. The van der Waals surface area contributed by atoms with Crippen LogP contribution in [-0.4, -0.2) is 53.7 Å². The van der Waals surface area contributed by atoms with Gasteiger partial charge in [0, 0.05) is 26.2 Å². The molecule has 0 radical (unpaired) electrons. The molecule has 1 aliphatic heterocycles. The third-order valence-electron chi connectivity index (χ3n) is 4.10. The number of carboxylic acids is 1. The third kappa shape index (κ3) is 3.74. The molecule has 2 heterocycles. The maximum atomic E-state index is 11.4. The number of carboxylic acid groups (broad SMARTS) is 1. The average Bonchev–Trinajstić information content (AvgIpc) is 2.93. The van der Waals surface area contributed by atoms with E-state index < -0.39 is 5.97 Å². The summed E-state index contributed by atoms with van der Waals surface area (Å²) in [4.78, 5) is 21.2. The third-order valence-corrected chi connectivity index (χ3v) is 5.22. The number of nitrogens with zero attached hydrogens (tertiary/aromatic N) is 3. The van der Waals surface area contributed by atoms with Gasteiger partial charge in [0.15, 0.2) is 5.13 Å². The molecule has 0 spiro atoms. The van der Waals surface area contributed by atoms with Gasteiger partial charge in [-0.25, -0.2) is 9.78 Å². The lowest BCUT2D eigenvalue weighted by molar-refractivity contribution is 0.0700. The van der Waals surface area contributed by atoms with E-state index in [4.69, 9.17) is 0 Å². The van der Waals surface area contributed by atoms with Gasteiger partial charge in [-0.05, 0) is 25.3 Å². The number of thiazole rings is 1. The number of hydrogen-bond acceptors (Lipinski definition) is 5. The molecule has 1 aliphatic rings. The van der Waals surface area contributed by atoms with Crippen LogP contribution < -0.4 is 4.90 Å². The van der Waals surface area contributed by atoms with Crippen LogP contribution in [-0.2, 0) is 0 Å². The summed E-state index contributed by atoms with van der Waals surface area (Å²) in [6.45, 7) is 11.4. The highest BCUT2D eigenvalue weighted by Crippen LogP contribution is 2.32. The smallest absolute Gasteiger partial charge is 0.347 e. The molecule has 0 aromatic carbocycles. The largest absolute Gasteiger partial charge is 0.477 e. The van der Waals surface area contributed by atoms with E-state index in [1.54, 1.807) is 0 Å². The Kier molecular flexibility index (Phi) is 5.58. The number of piperazine rings is 1. The molecule has 21 heavy (non-hydrogen) atoms. The van der Waals surface area contributed by atoms with E-state index in [1.165, 1.54) is 17.8 Å². The molecule has 1 atom stereocenters. The van der Waals surface area contributed by atoms with Crippen LogP contribution in [0.5, 0.6) is 0 Å². The summed E-state index contributed by atoms with van der Waals surface area (Å²) in [6, 6.07) is 0. The van der Waals surface area contributed by atoms with Gasteiger partial charge in [0.05, 0.1) is 5.69 Å². The minimum Gasteiger partial charge on any atom is -0.477 e. The molecule has 0 saturated carbocycles. The SMILES string of the molecule is CCCN1CCN(c2nc(C(C)CC)c(C(=O)O)s2)CC1. The van der Waals surface area contributed by atoms with Crippen LogP contribution in [0.15, 0.2) is 0 Å². The molecule has 1 fully saturated rings. The fourth-order valence-corrected chi connectivity index (χ4v) is 3.69. The van der Waals surface area contributed by atoms with Crippen molar-refractivity contribution in [3.05, 3.63) is 10.6 Å². The molecule has 1 aromatic rings. The number of anilines is 1. The van der Waals surface area contributed by atoms with Gasteiger partial charge in [-0.1, -0.05) is 32.1 Å². The topological polar surface area (TPSA) is 56.7 Å². The van der Waals surface area contributed by atoms with Crippen molar-refractivity contribution in [3.63, 3.8) is 0 Å². The Hall–Kier alpha value is -1.14. The molecule has 0 aliphatic carbocycles. The van der Waals surface area contributed by atoms with E-state index in [0.29, 0.717) is 4.88 Å². The van der Waals surface area contributed by atoms with Crippen molar-refractivity contribution in [2.24, 2.45) is 0 Å². The van der Waals surface area contributed by atoms with Crippen molar-refractivity contribution in [2.75, 3.05) is 37.6 Å². The molecule has 6 heteroatoms. The van der Waals surface area contributed by atoms with Gasteiger partial charge in [0.1, 0.15) is 4.88 Å². The second kappa shape index (κ2) is 7.22. The summed E-state index contributed by atoms with van der Waals surface area (Å²) in [5, 5.41) is 10.3. The van der Waals surface area contributed by atoms with Crippen molar-refractivity contribution in [3.8, 4) is 0 Å². The van der Waals surface area contributed by atoms with Gasteiger partial charge in [-0.3, -0.25) is 4.90 Å². The summed E-state index contributed by atoms with van der Waals surface area (Å²) in [7, 11) is 0. The Morgan fingerprint density at radius 2 is 2.00 bits per heavy atom. The Balaban J connectivity index is 2.12. The van der Waals surface area contributed by atoms with E-state index in [1.807, 2.05) is 6.92 Å². The van der Waals surface area contributed by atoms with Crippen LogP contribution in [0, 0.1) is 0 Å². The highest BCUT2D eigenvalue weighted by molar-refractivity contribution is 7.17. The fourth-order valence-electron chi connectivity index (χ4n) is 2.62. The molecule has 1 aromatic heterocycles. The molecular weight excluding hydrogens is 286 g/mol. The minimum atomic E-state index is -0.848. The Bertz CT molecular complexity index is 481. The summed E-state index contributed by atoms with van der Waals surface area (Å²) >= 11 is 1.33. The lowest BCUT2D eigenvalue weighted by Gasteiger charge is -2.34. The van der Waals surface area contributed by atoms with Crippen LogP contribution in [0.25, 0.3) is 0 Å². The molecular formula is C15H25N3O2S. The molecule has 0 amide bonds. The van der Waals surface area contributed by atoms with Crippen molar-refractivity contribution in [1.82, 2.24) is 9.88 Å². The van der Waals surface area contributed by atoms with E-state index in [2.05, 4.69) is 28.6 Å². The lowest BCUT2D eigenvalue weighted by atomic mass is 10.0. The van der Waals surface area contributed by atoms with Gasteiger partial charge < -0.3 is 10.0 Å². The summed E-state index contributed by atoms with van der Waals surface area (Å²) in [6.07, 6.45) is 2.09. The first-order valence-electron chi connectivity index (χ1n) is 7.78. The first kappa shape index (κ1) is 16.2. The molecule has 1 saturated heterocycles. The Morgan fingerprint density at radius 1 is 1.33 bits per heavy atom. The van der Waals surface area contributed by atoms with Crippen LogP contribution in [0.3, 0.4) is 0 Å². The van der Waals surface area contributed by atoms with E-state index in [9.17, 15) is 9.90 Å². The van der Waals surface area contributed by atoms with Gasteiger partial charge in [-0.15, -0.1) is 0 Å². The Morgan fingerprint density at radius 3 is 2.52 bits per heavy atom. The predicted molar refractivity (Wildman–Crippen MR) is 86.7 cm³/mol.